The molecule has 2 aromatic rings. The van der Waals surface area contributed by atoms with Crippen molar-refractivity contribution in [2.45, 2.75) is 19.4 Å². The lowest BCUT2D eigenvalue weighted by molar-refractivity contribution is 0.803. The van der Waals surface area contributed by atoms with E-state index in [1.807, 2.05) is 30.3 Å². The van der Waals surface area contributed by atoms with Crippen molar-refractivity contribution in [3.05, 3.63) is 43.1 Å². The van der Waals surface area contributed by atoms with Crippen LogP contribution in [0.15, 0.2) is 43.1 Å². The number of fused-ring (bicyclic) bond motifs is 1. The topological polar surface area (TPSA) is 37.8 Å². The van der Waals surface area contributed by atoms with E-state index in [1.54, 1.807) is 6.20 Å². The van der Waals surface area contributed by atoms with Crippen LogP contribution in [0.5, 0.6) is 0 Å². The van der Waals surface area contributed by atoms with Crippen LogP contribution in [-0.2, 0) is 0 Å². The standard InChI is InChI=1S/C13H15N3/c1-3-6-10(2)15-13-12-8-5-4-7-11(12)9-14-16-13/h3-5,7-10H,1,6H2,2H3,(H,15,16). The molecule has 0 saturated carbocycles. The second-order valence-electron chi connectivity index (χ2n) is 3.85. The monoisotopic (exact) mass is 213 g/mol. The van der Waals surface area contributed by atoms with Crippen molar-refractivity contribution in [1.29, 1.82) is 0 Å². The zero-order chi connectivity index (χ0) is 11.4. The maximum Gasteiger partial charge on any atom is 0.156 e. The average Bonchev–Trinajstić information content (AvgIpc) is 2.30. The molecule has 0 fully saturated rings. The Labute approximate surface area is 95.2 Å². The van der Waals surface area contributed by atoms with Crippen LogP contribution in [0.3, 0.4) is 0 Å². The van der Waals surface area contributed by atoms with Gasteiger partial charge in [-0.2, -0.15) is 5.10 Å². The Morgan fingerprint density at radius 3 is 3.06 bits per heavy atom. The number of anilines is 1. The Morgan fingerprint density at radius 1 is 1.44 bits per heavy atom. The lowest BCUT2D eigenvalue weighted by Gasteiger charge is -2.13. The molecule has 0 aliphatic rings. The summed E-state index contributed by atoms with van der Waals surface area (Å²) in [5, 5.41) is 13.7. The van der Waals surface area contributed by atoms with Crippen LogP contribution in [0.4, 0.5) is 5.82 Å². The first kappa shape index (κ1) is 10.6. The highest BCUT2D eigenvalue weighted by Gasteiger charge is 2.05. The van der Waals surface area contributed by atoms with E-state index in [9.17, 15) is 0 Å². The molecule has 0 spiro atoms. The summed E-state index contributed by atoms with van der Waals surface area (Å²) in [6, 6.07) is 8.41. The third-order valence-corrected chi connectivity index (χ3v) is 2.47. The summed E-state index contributed by atoms with van der Waals surface area (Å²) in [7, 11) is 0. The Morgan fingerprint density at radius 2 is 2.25 bits per heavy atom. The van der Waals surface area contributed by atoms with Crippen molar-refractivity contribution in [3.63, 3.8) is 0 Å². The molecule has 1 N–H and O–H groups in total. The van der Waals surface area contributed by atoms with E-state index >= 15 is 0 Å². The van der Waals surface area contributed by atoms with E-state index < -0.39 is 0 Å². The molecule has 82 valence electrons. The van der Waals surface area contributed by atoms with Crippen LogP contribution >= 0.6 is 0 Å². The summed E-state index contributed by atoms with van der Waals surface area (Å²) >= 11 is 0. The second kappa shape index (κ2) is 4.75. The van der Waals surface area contributed by atoms with Crippen molar-refractivity contribution < 1.29 is 0 Å². The summed E-state index contributed by atoms with van der Waals surface area (Å²) in [5.74, 6) is 0.840. The van der Waals surface area contributed by atoms with Crippen LogP contribution in [0.1, 0.15) is 13.3 Å². The number of benzene rings is 1. The first-order valence-electron chi connectivity index (χ1n) is 5.39. The van der Waals surface area contributed by atoms with Gasteiger partial charge >= 0.3 is 0 Å². The normalized spacial score (nSPS) is 12.3. The molecule has 0 aliphatic carbocycles. The van der Waals surface area contributed by atoms with Crippen molar-refractivity contribution >= 4 is 16.6 Å². The fourth-order valence-corrected chi connectivity index (χ4v) is 1.68. The molecular formula is C13H15N3. The van der Waals surface area contributed by atoms with Gasteiger partial charge in [0.2, 0.25) is 0 Å². The molecule has 3 heteroatoms. The molecule has 1 unspecified atom stereocenters. The summed E-state index contributed by atoms with van der Waals surface area (Å²) < 4.78 is 0. The zero-order valence-electron chi connectivity index (χ0n) is 9.35. The molecule has 3 nitrogen and oxygen atoms in total. The smallest absolute Gasteiger partial charge is 0.156 e. The van der Waals surface area contributed by atoms with Gasteiger partial charge in [-0.15, -0.1) is 11.7 Å². The molecule has 2 rings (SSSR count). The summed E-state index contributed by atoms with van der Waals surface area (Å²) in [6.07, 6.45) is 4.58. The van der Waals surface area contributed by atoms with Gasteiger partial charge in [-0.1, -0.05) is 30.3 Å². The van der Waals surface area contributed by atoms with Gasteiger partial charge in [0.15, 0.2) is 5.82 Å². The van der Waals surface area contributed by atoms with Gasteiger partial charge in [-0.3, -0.25) is 0 Å². The minimum Gasteiger partial charge on any atom is -0.365 e. The lowest BCUT2D eigenvalue weighted by Crippen LogP contribution is -2.15. The first-order chi connectivity index (χ1) is 7.81. The third-order valence-electron chi connectivity index (χ3n) is 2.47. The number of rotatable bonds is 4. The molecule has 16 heavy (non-hydrogen) atoms. The Bertz CT molecular complexity index is 488. The van der Waals surface area contributed by atoms with Crippen LogP contribution in [-0.4, -0.2) is 16.2 Å². The molecule has 0 saturated heterocycles. The predicted molar refractivity (Wildman–Crippen MR) is 67.4 cm³/mol. The molecule has 1 aromatic heterocycles. The van der Waals surface area contributed by atoms with Crippen molar-refractivity contribution in [3.8, 4) is 0 Å². The number of aromatic nitrogens is 2. The van der Waals surface area contributed by atoms with E-state index in [2.05, 4.69) is 29.0 Å². The van der Waals surface area contributed by atoms with Gasteiger partial charge in [0, 0.05) is 16.8 Å². The largest absolute Gasteiger partial charge is 0.365 e. The fourth-order valence-electron chi connectivity index (χ4n) is 1.68. The van der Waals surface area contributed by atoms with E-state index in [-0.39, 0.29) is 0 Å². The average molecular weight is 213 g/mol. The van der Waals surface area contributed by atoms with Crippen molar-refractivity contribution in [2.24, 2.45) is 0 Å². The molecule has 0 amide bonds. The third kappa shape index (κ3) is 2.19. The van der Waals surface area contributed by atoms with Gasteiger partial charge in [-0.25, -0.2) is 0 Å². The number of nitrogens with zero attached hydrogens (tertiary/aromatic N) is 2. The first-order valence-corrected chi connectivity index (χ1v) is 5.39. The summed E-state index contributed by atoms with van der Waals surface area (Å²) in [6.45, 7) is 5.83. The SMILES string of the molecule is C=CCC(C)Nc1nncc2ccccc12. The quantitative estimate of drug-likeness (QED) is 0.793. The minimum absolute atomic E-state index is 0.317. The molecular weight excluding hydrogens is 198 g/mol. The Hall–Kier alpha value is -1.90. The molecule has 1 aromatic carbocycles. The van der Waals surface area contributed by atoms with Gasteiger partial charge in [0.1, 0.15) is 0 Å². The molecule has 1 atom stereocenters. The van der Waals surface area contributed by atoms with Crippen LogP contribution in [0, 0.1) is 0 Å². The van der Waals surface area contributed by atoms with Crippen molar-refractivity contribution in [2.75, 3.05) is 5.32 Å². The van der Waals surface area contributed by atoms with Crippen LogP contribution in [0.2, 0.25) is 0 Å². The summed E-state index contributed by atoms with van der Waals surface area (Å²) in [4.78, 5) is 0. The van der Waals surface area contributed by atoms with Gasteiger partial charge in [-0.05, 0) is 13.3 Å². The molecule has 0 aliphatic heterocycles. The van der Waals surface area contributed by atoms with Crippen LogP contribution < -0.4 is 5.32 Å². The number of hydrogen-bond donors (Lipinski definition) is 1. The molecule has 1 heterocycles. The highest BCUT2D eigenvalue weighted by molar-refractivity contribution is 5.90. The van der Waals surface area contributed by atoms with E-state index in [0.29, 0.717) is 6.04 Å². The molecule has 0 radical (unpaired) electrons. The zero-order valence-corrected chi connectivity index (χ0v) is 9.35. The van der Waals surface area contributed by atoms with Crippen LogP contribution in [0.25, 0.3) is 10.8 Å². The van der Waals surface area contributed by atoms with Gasteiger partial charge < -0.3 is 5.32 Å². The van der Waals surface area contributed by atoms with E-state index in [0.717, 1.165) is 23.0 Å². The highest BCUT2D eigenvalue weighted by Crippen LogP contribution is 2.20. The lowest BCUT2D eigenvalue weighted by atomic mass is 10.1. The maximum absolute atomic E-state index is 4.13. The number of hydrogen-bond acceptors (Lipinski definition) is 3. The van der Waals surface area contributed by atoms with E-state index in [1.165, 1.54) is 0 Å². The van der Waals surface area contributed by atoms with Gasteiger partial charge in [0.25, 0.3) is 0 Å². The maximum atomic E-state index is 4.13. The Kier molecular flexibility index (Phi) is 3.15. The van der Waals surface area contributed by atoms with E-state index in [4.69, 9.17) is 0 Å². The summed E-state index contributed by atoms with van der Waals surface area (Å²) in [5.41, 5.74) is 0. The van der Waals surface area contributed by atoms with Crippen molar-refractivity contribution in [1.82, 2.24) is 10.2 Å². The number of nitrogens with one attached hydrogen (secondary N) is 1. The minimum atomic E-state index is 0.317. The predicted octanol–water partition coefficient (Wildman–Crippen LogP) is 3.01. The molecule has 0 bridgehead atoms. The van der Waals surface area contributed by atoms with Gasteiger partial charge in [0.05, 0.1) is 6.20 Å². The fraction of sp³-hybridized carbons (Fsp3) is 0.231. The second-order valence-corrected chi connectivity index (χ2v) is 3.85. The Balaban J connectivity index is 2.33. The highest BCUT2D eigenvalue weighted by atomic mass is 15.2.